The predicted octanol–water partition coefficient (Wildman–Crippen LogP) is 3.65. The quantitative estimate of drug-likeness (QED) is 0.547. The Kier molecular flexibility index (Phi) is 7.52. The number of thiocarbonyl (C=S) groups is 1. The van der Waals surface area contributed by atoms with Crippen LogP contribution in [0.15, 0.2) is 59.8 Å². The lowest BCUT2D eigenvalue weighted by molar-refractivity contribution is -0.118. The third-order valence-corrected chi connectivity index (χ3v) is 5.70. The van der Waals surface area contributed by atoms with Gasteiger partial charge in [-0.1, -0.05) is 24.3 Å². The number of benzene rings is 2. The van der Waals surface area contributed by atoms with Crippen molar-refractivity contribution in [1.82, 2.24) is 16.0 Å². The number of hydrogen-bond donors (Lipinski definition) is 3. The van der Waals surface area contributed by atoms with Crippen LogP contribution in [0, 0.1) is 0 Å². The van der Waals surface area contributed by atoms with Crippen molar-refractivity contribution in [1.29, 1.82) is 0 Å². The molecular formula is C24H30N4O2S. The molecule has 0 fully saturated rings. The van der Waals surface area contributed by atoms with Gasteiger partial charge in [-0.25, -0.2) is 0 Å². The number of anilines is 1. The average Bonchev–Trinajstić information content (AvgIpc) is 2.78. The minimum absolute atomic E-state index is 0.131. The highest BCUT2D eigenvalue weighted by Gasteiger charge is 2.29. The van der Waals surface area contributed by atoms with Gasteiger partial charge in [-0.15, -0.1) is 0 Å². The highest BCUT2D eigenvalue weighted by atomic mass is 32.1. The van der Waals surface area contributed by atoms with E-state index in [1.807, 2.05) is 31.2 Å². The van der Waals surface area contributed by atoms with Gasteiger partial charge in [0, 0.05) is 31.0 Å². The molecule has 1 aliphatic rings. The summed E-state index contributed by atoms with van der Waals surface area (Å²) in [6.45, 7) is 8.49. The molecule has 1 amide bonds. The number of allylic oxidation sites excluding steroid dienone is 1. The number of methoxy groups -OCH3 is 1. The summed E-state index contributed by atoms with van der Waals surface area (Å²) in [5.41, 5.74) is 4.55. The van der Waals surface area contributed by atoms with Gasteiger partial charge in [0.2, 0.25) is 0 Å². The molecule has 0 saturated heterocycles. The number of carbonyl (C=O) groups is 1. The number of nitrogens with zero attached hydrogens (tertiary/aromatic N) is 1. The molecule has 31 heavy (non-hydrogen) atoms. The second kappa shape index (κ2) is 10.3. The zero-order valence-electron chi connectivity index (χ0n) is 18.5. The highest BCUT2D eigenvalue weighted by molar-refractivity contribution is 7.80. The summed E-state index contributed by atoms with van der Waals surface area (Å²) >= 11 is 5.36. The van der Waals surface area contributed by atoms with Gasteiger partial charge in [-0.05, 0) is 68.4 Å². The van der Waals surface area contributed by atoms with Crippen LogP contribution in [0.25, 0.3) is 0 Å². The molecule has 0 aromatic heterocycles. The number of hydrogen-bond acceptors (Lipinski definition) is 4. The molecule has 7 heteroatoms. The number of rotatable bonds is 8. The lowest BCUT2D eigenvalue weighted by atomic mass is 9.94. The van der Waals surface area contributed by atoms with E-state index in [9.17, 15) is 4.79 Å². The molecule has 1 atom stereocenters. The van der Waals surface area contributed by atoms with Gasteiger partial charge >= 0.3 is 0 Å². The van der Waals surface area contributed by atoms with Crippen molar-refractivity contribution in [2.75, 3.05) is 25.1 Å². The molecule has 3 rings (SSSR count). The van der Waals surface area contributed by atoms with Crippen LogP contribution in [0.4, 0.5) is 5.69 Å². The molecule has 0 bridgehead atoms. The fraction of sp³-hybridized carbons (Fsp3) is 0.333. The van der Waals surface area contributed by atoms with Gasteiger partial charge < -0.3 is 25.6 Å². The highest BCUT2D eigenvalue weighted by Crippen LogP contribution is 2.28. The molecule has 0 aliphatic carbocycles. The Labute approximate surface area is 189 Å². The van der Waals surface area contributed by atoms with E-state index in [0.29, 0.717) is 17.2 Å². The van der Waals surface area contributed by atoms with E-state index < -0.39 is 0 Å². The van der Waals surface area contributed by atoms with E-state index in [1.54, 1.807) is 7.11 Å². The molecule has 1 aliphatic heterocycles. The minimum Gasteiger partial charge on any atom is -0.497 e. The van der Waals surface area contributed by atoms with Gasteiger partial charge in [0.05, 0.1) is 18.7 Å². The van der Waals surface area contributed by atoms with Gasteiger partial charge in [0.1, 0.15) is 5.75 Å². The first kappa shape index (κ1) is 22.6. The summed E-state index contributed by atoms with van der Waals surface area (Å²) < 4.78 is 5.19. The summed E-state index contributed by atoms with van der Waals surface area (Å²) in [6, 6.07) is 15.6. The third kappa shape index (κ3) is 5.35. The summed E-state index contributed by atoms with van der Waals surface area (Å²) in [5.74, 6) is 0.657. The van der Waals surface area contributed by atoms with Crippen LogP contribution in [0.2, 0.25) is 0 Å². The average molecular weight is 439 g/mol. The van der Waals surface area contributed by atoms with Crippen molar-refractivity contribution in [2.45, 2.75) is 33.4 Å². The van der Waals surface area contributed by atoms with Crippen molar-refractivity contribution < 1.29 is 9.53 Å². The van der Waals surface area contributed by atoms with Crippen LogP contribution in [0.1, 0.15) is 37.9 Å². The van der Waals surface area contributed by atoms with Crippen LogP contribution < -0.4 is 25.6 Å². The Balaban J connectivity index is 1.79. The van der Waals surface area contributed by atoms with E-state index >= 15 is 0 Å². The summed E-state index contributed by atoms with van der Waals surface area (Å²) in [5, 5.41) is 9.89. The van der Waals surface area contributed by atoms with Crippen molar-refractivity contribution in [3.8, 4) is 5.75 Å². The molecule has 1 unspecified atom stereocenters. The molecular weight excluding hydrogens is 408 g/mol. The maximum absolute atomic E-state index is 13.1. The Morgan fingerprint density at radius 3 is 2.32 bits per heavy atom. The lowest BCUT2D eigenvalue weighted by Crippen LogP contribution is -2.46. The Bertz CT molecular complexity index is 951. The predicted molar refractivity (Wildman–Crippen MR) is 129 cm³/mol. The van der Waals surface area contributed by atoms with Gasteiger partial charge in [-0.2, -0.15) is 0 Å². The Hall–Kier alpha value is -3.06. The van der Waals surface area contributed by atoms with Gasteiger partial charge in [0.25, 0.3) is 5.91 Å². The number of nitrogens with one attached hydrogen (secondary N) is 3. The van der Waals surface area contributed by atoms with Crippen LogP contribution in [-0.2, 0) is 11.3 Å². The van der Waals surface area contributed by atoms with Gasteiger partial charge in [-0.3, -0.25) is 4.79 Å². The van der Waals surface area contributed by atoms with E-state index in [2.05, 4.69) is 59.0 Å². The molecule has 2 aromatic rings. The van der Waals surface area contributed by atoms with Crippen molar-refractivity contribution >= 4 is 28.9 Å². The molecule has 164 valence electrons. The van der Waals surface area contributed by atoms with E-state index in [4.69, 9.17) is 17.0 Å². The van der Waals surface area contributed by atoms with Crippen LogP contribution in [-0.4, -0.2) is 31.2 Å². The Morgan fingerprint density at radius 2 is 1.74 bits per heavy atom. The molecule has 2 aromatic carbocycles. The maximum atomic E-state index is 13.1. The molecule has 0 saturated carbocycles. The van der Waals surface area contributed by atoms with Crippen molar-refractivity contribution in [3.63, 3.8) is 0 Å². The lowest BCUT2D eigenvalue weighted by Gasteiger charge is -2.31. The van der Waals surface area contributed by atoms with Crippen LogP contribution in [0.3, 0.4) is 0 Å². The Morgan fingerprint density at radius 1 is 1.10 bits per heavy atom. The minimum atomic E-state index is -0.310. The summed E-state index contributed by atoms with van der Waals surface area (Å²) in [4.78, 5) is 15.4. The third-order valence-electron chi connectivity index (χ3n) is 5.48. The van der Waals surface area contributed by atoms with Crippen molar-refractivity contribution in [3.05, 3.63) is 70.9 Å². The van der Waals surface area contributed by atoms with E-state index in [0.717, 1.165) is 41.4 Å². The fourth-order valence-corrected chi connectivity index (χ4v) is 4.00. The SMILES string of the molecule is CCN(CC)c1ccc(C2NC(=S)NC(C)=C2C(=O)NCc2ccc(OC)cc2)cc1. The number of carbonyl (C=O) groups excluding carboxylic acids is 1. The second-order valence-corrected chi connectivity index (χ2v) is 7.77. The maximum Gasteiger partial charge on any atom is 0.251 e. The van der Waals surface area contributed by atoms with E-state index in [1.165, 1.54) is 0 Å². The molecule has 6 nitrogen and oxygen atoms in total. The van der Waals surface area contributed by atoms with Crippen molar-refractivity contribution in [2.24, 2.45) is 0 Å². The second-order valence-electron chi connectivity index (χ2n) is 7.36. The first-order valence-electron chi connectivity index (χ1n) is 10.5. The number of ether oxygens (including phenoxy) is 1. The topological polar surface area (TPSA) is 65.6 Å². The molecule has 0 spiro atoms. The molecule has 3 N–H and O–H groups in total. The zero-order valence-corrected chi connectivity index (χ0v) is 19.3. The summed E-state index contributed by atoms with van der Waals surface area (Å²) in [6.07, 6.45) is 0. The monoisotopic (exact) mass is 438 g/mol. The zero-order chi connectivity index (χ0) is 22.4. The van der Waals surface area contributed by atoms with Crippen LogP contribution in [0.5, 0.6) is 5.75 Å². The molecule has 0 radical (unpaired) electrons. The fourth-order valence-electron chi connectivity index (χ4n) is 3.73. The smallest absolute Gasteiger partial charge is 0.251 e. The first-order chi connectivity index (χ1) is 15.0. The van der Waals surface area contributed by atoms with E-state index in [-0.39, 0.29) is 11.9 Å². The number of amides is 1. The normalized spacial score (nSPS) is 15.7. The largest absolute Gasteiger partial charge is 0.497 e. The molecule has 1 heterocycles. The summed E-state index contributed by atoms with van der Waals surface area (Å²) in [7, 11) is 1.63. The van der Waals surface area contributed by atoms with Gasteiger partial charge in [0.15, 0.2) is 5.11 Å². The first-order valence-corrected chi connectivity index (χ1v) is 10.9. The standard InChI is InChI=1S/C24H30N4O2S/c1-5-28(6-2)19-11-9-18(10-12-19)22-21(16(3)26-24(31)27-22)23(29)25-15-17-7-13-20(30-4)14-8-17/h7-14,22H,5-6,15H2,1-4H3,(H,25,29)(H2,26,27,31). The van der Waals surface area contributed by atoms with Crippen LogP contribution >= 0.6 is 12.2 Å².